The summed E-state index contributed by atoms with van der Waals surface area (Å²) in [5.41, 5.74) is 5.31. The van der Waals surface area contributed by atoms with Crippen molar-refractivity contribution in [3.05, 3.63) is 22.7 Å². The summed E-state index contributed by atoms with van der Waals surface area (Å²) in [5, 5.41) is 49.2. The van der Waals surface area contributed by atoms with Crippen molar-refractivity contribution in [1.82, 2.24) is 36.2 Å². The number of benzene rings is 1. The number of nitrogens with zero attached hydrogens (tertiary/aromatic N) is 5. The number of ketones is 1. The first-order valence-electron chi connectivity index (χ1n) is 17.4. The molecule has 0 spiro atoms. The second kappa shape index (κ2) is 17.5. The normalized spacial score (nSPS) is 22.6. The topological polar surface area (TPSA) is 352 Å². The number of carboxylic acid groups (broad SMARTS) is 2. The van der Waals surface area contributed by atoms with Crippen LogP contribution < -0.4 is 27.1 Å². The number of hydrogen-bond acceptors (Lipinski definition) is 17. The minimum atomic E-state index is -2.07. The highest BCUT2D eigenvalue weighted by molar-refractivity contribution is 8.14. The number of phenolic OH excluding ortho intramolecular Hbond substituents is 2. The van der Waals surface area contributed by atoms with Gasteiger partial charge in [-0.15, -0.1) is 0 Å². The largest absolute Gasteiger partial charge is 0.504 e. The van der Waals surface area contributed by atoms with Crippen molar-refractivity contribution in [2.24, 2.45) is 15.9 Å². The molecule has 1 aromatic rings. The molecular formula is C32H37ClN10O14S2. The Hall–Kier alpha value is -6.02. The number of Topliss-reactive ketones (excluding diaryl/α,β-unsaturated/α-hetero) is 1. The number of hydrazine groups is 1. The average Bonchev–Trinajstić information content (AvgIpc) is 3.89. The molecule has 4 atom stereocenters. The number of aliphatic carboxylic acids is 2. The average molecular weight is 885 g/mol. The van der Waals surface area contributed by atoms with Crippen LogP contribution in [0.1, 0.15) is 37.0 Å². The van der Waals surface area contributed by atoms with Gasteiger partial charge >= 0.3 is 29.8 Å². The van der Waals surface area contributed by atoms with Crippen molar-refractivity contribution in [1.29, 1.82) is 0 Å². The number of oxime groups is 1. The molecule has 2 unspecified atom stereocenters. The van der Waals surface area contributed by atoms with Gasteiger partial charge in [-0.1, -0.05) is 40.3 Å². The molecule has 0 radical (unpaired) electrons. The van der Waals surface area contributed by atoms with Crippen LogP contribution in [0.4, 0.5) is 4.79 Å². The van der Waals surface area contributed by atoms with Crippen molar-refractivity contribution in [2.45, 2.75) is 54.6 Å². The molecule has 7 amide bonds. The number of phenols is 2. The van der Waals surface area contributed by atoms with Gasteiger partial charge in [0.2, 0.25) is 16.4 Å². The van der Waals surface area contributed by atoms with E-state index in [-0.39, 0.29) is 61.2 Å². The summed E-state index contributed by atoms with van der Waals surface area (Å²) in [5.74, 6) is -10.2. The Morgan fingerprint density at radius 3 is 2.29 bits per heavy atom. The highest BCUT2D eigenvalue weighted by Crippen LogP contribution is 2.49. The number of aliphatic imine (C=N–C) groups is 1. The maximum atomic E-state index is 13.4. The van der Waals surface area contributed by atoms with Crippen molar-refractivity contribution in [2.75, 3.05) is 38.5 Å². The summed E-state index contributed by atoms with van der Waals surface area (Å²) in [6.45, 7) is 1.34. The molecule has 0 aromatic heterocycles. The highest BCUT2D eigenvalue weighted by atomic mass is 35.5. The first-order valence-corrected chi connectivity index (χ1v) is 19.6. The van der Waals surface area contributed by atoms with E-state index in [9.17, 15) is 63.6 Å². The molecule has 4 aliphatic rings. The molecule has 0 saturated carbocycles. The lowest BCUT2D eigenvalue weighted by Gasteiger charge is -2.41. The van der Waals surface area contributed by atoms with Gasteiger partial charge in [0.15, 0.2) is 22.4 Å². The minimum Gasteiger partial charge on any atom is -0.504 e. The number of rotatable bonds is 16. The van der Waals surface area contributed by atoms with Crippen LogP contribution in [0, 0.1) is 0 Å². The number of urea groups is 1. The second-order valence-corrected chi connectivity index (χ2v) is 16.4. The Bertz CT molecular complexity index is 2070. The van der Waals surface area contributed by atoms with Crippen molar-refractivity contribution in [3.63, 3.8) is 0 Å². The van der Waals surface area contributed by atoms with Gasteiger partial charge in [-0.2, -0.15) is 0 Å². The maximum absolute atomic E-state index is 13.4. The minimum absolute atomic E-state index is 0.0194. The number of aromatic hydroxyl groups is 2. The second-order valence-electron chi connectivity index (χ2n) is 13.6. The van der Waals surface area contributed by atoms with E-state index in [1.807, 2.05) is 0 Å². The molecular weight excluding hydrogens is 848 g/mol. The third kappa shape index (κ3) is 9.02. The summed E-state index contributed by atoms with van der Waals surface area (Å²) in [7, 11) is 0. The highest BCUT2D eigenvalue weighted by Gasteiger charge is 2.66. The van der Waals surface area contributed by atoms with Gasteiger partial charge in [0.1, 0.15) is 17.5 Å². The Morgan fingerprint density at radius 1 is 1.02 bits per heavy atom. The van der Waals surface area contributed by atoms with Crippen LogP contribution in [0.15, 0.2) is 22.3 Å². The van der Waals surface area contributed by atoms with Gasteiger partial charge in [-0.25, -0.2) is 19.4 Å². The van der Waals surface area contributed by atoms with Crippen molar-refractivity contribution >= 4 is 99.3 Å². The van der Waals surface area contributed by atoms with E-state index >= 15 is 0 Å². The van der Waals surface area contributed by atoms with E-state index in [4.69, 9.17) is 22.2 Å². The summed E-state index contributed by atoms with van der Waals surface area (Å²) >= 11 is 7.61. The van der Waals surface area contributed by atoms with Gasteiger partial charge < -0.3 is 51.8 Å². The lowest BCUT2D eigenvalue weighted by Crippen LogP contribution is -2.68. The number of nitrogens with two attached hydrogens (primary N) is 1. The monoisotopic (exact) mass is 884 g/mol. The number of amidine groups is 1. The zero-order valence-corrected chi connectivity index (χ0v) is 33.3. The van der Waals surface area contributed by atoms with Crippen LogP contribution in [0.2, 0.25) is 5.02 Å². The van der Waals surface area contributed by atoms with Gasteiger partial charge in [-0.3, -0.25) is 44.1 Å². The number of nitrogens with one attached hydrogen (secondary N) is 4. The fraction of sp³-hybridized carbons (Fsp3) is 0.469. The lowest BCUT2D eigenvalue weighted by molar-refractivity contribution is -0.161. The van der Waals surface area contributed by atoms with Gasteiger partial charge in [0.05, 0.1) is 23.7 Å². The number of carbonyl (C=O) groups excluding carboxylic acids is 7. The van der Waals surface area contributed by atoms with E-state index < -0.39 is 104 Å². The number of β-lactam (4-membered cyclic amide) rings is 1. The first-order chi connectivity index (χ1) is 27.7. The quantitative estimate of drug-likeness (QED) is 0.0158. The standard InChI is InChI=1S/C32H37ClN10O14S2/c1-31(2,27(52)53)57-40-17(14-11-58-29(34)37-14)21(47)38-18-25(51)41-12-32(28(54)55,59-26(18)41)42-9-10-43(30(42)56)39-24(50)23(49)36-8-4-3-7-35-22(48)19(45)13-5-6-15(44)20(46)16(13)33/h5-6,14,18,26,44,46H,3-4,7-12H2,1-2H3,(H2,34,37)(H,35,48)(H,36,49)(H,38,47)(H,39,50)(H,52,53)(H,54,55)/b40-17-/t14?,18?,26-,32-/m1/s1. The van der Waals surface area contributed by atoms with Crippen molar-refractivity contribution < 1.29 is 68.4 Å². The fourth-order valence-corrected chi connectivity index (χ4v) is 8.47. The zero-order chi connectivity index (χ0) is 43.6. The van der Waals surface area contributed by atoms with Crippen LogP contribution in [0.5, 0.6) is 11.5 Å². The van der Waals surface area contributed by atoms with E-state index in [1.54, 1.807) is 0 Å². The predicted molar refractivity (Wildman–Crippen MR) is 205 cm³/mol. The SMILES string of the molecule is CC(C)(O/N=C(\C(=O)NC1C(=O)N2C[C@@](C(=O)O)(N3CCN(NC(=O)C(=O)NCCCCNC(=O)C(=O)c4ccc(O)c(O)c4Cl)C3=O)S[C@H]12)C1CSC(N)=N1)C(=O)O. The van der Waals surface area contributed by atoms with E-state index in [1.165, 1.54) is 13.8 Å². The predicted octanol–water partition coefficient (Wildman–Crippen LogP) is -2.44. The fourth-order valence-electron chi connectivity index (χ4n) is 5.83. The Balaban J connectivity index is 1.11. The molecule has 27 heteroatoms. The van der Waals surface area contributed by atoms with Crippen LogP contribution in [-0.2, 0) is 38.4 Å². The number of halogens is 1. The van der Waals surface area contributed by atoms with Crippen molar-refractivity contribution in [3.8, 4) is 11.5 Å². The van der Waals surface area contributed by atoms with Crippen LogP contribution in [0.3, 0.4) is 0 Å². The first kappa shape index (κ1) is 44.1. The molecule has 0 aliphatic carbocycles. The van der Waals surface area contributed by atoms with Gasteiger partial charge in [-0.05, 0) is 38.8 Å². The lowest BCUT2D eigenvalue weighted by atomic mass is 10.0. The summed E-state index contributed by atoms with van der Waals surface area (Å²) in [6, 6.07) is -1.18. The molecule has 0 bridgehead atoms. The number of hydrogen-bond donors (Lipinski definition) is 9. The van der Waals surface area contributed by atoms with Crippen LogP contribution in [0.25, 0.3) is 0 Å². The summed E-state index contributed by atoms with van der Waals surface area (Å²) in [6.07, 6.45) is 0.473. The smallest absolute Gasteiger partial charge is 0.350 e. The molecule has 3 saturated heterocycles. The summed E-state index contributed by atoms with van der Waals surface area (Å²) in [4.78, 5) is 123. The maximum Gasteiger partial charge on any atom is 0.350 e. The molecule has 10 N–H and O–H groups in total. The zero-order valence-electron chi connectivity index (χ0n) is 30.9. The van der Waals surface area contributed by atoms with E-state index in [2.05, 4.69) is 31.5 Å². The van der Waals surface area contributed by atoms with Gasteiger partial charge in [0, 0.05) is 25.4 Å². The molecule has 5 rings (SSSR count). The number of thioether (sulfide) groups is 2. The Labute approximate surface area is 346 Å². The summed E-state index contributed by atoms with van der Waals surface area (Å²) < 4.78 is 0. The number of fused-ring (bicyclic) bond motifs is 1. The van der Waals surface area contributed by atoms with Crippen LogP contribution >= 0.6 is 35.1 Å². The molecule has 59 heavy (non-hydrogen) atoms. The molecule has 24 nitrogen and oxygen atoms in total. The third-order valence-electron chi connectivity index (χ3n) is 9.18. The molecule has 4 aliphatic heterocycles. The van der Waals surface area contributed by atoms with Gasteiger partial charge in [0.25, 0.3) is 17.6 Å². The Kier molecular flexibility index (Phi) is 13.0. The molecule has 318 valence electrons. The number of carbonyl (C=O) groups is 9. The third-order valence-corrected chi connectivity index (χ3v) is 12.1. The number of amides is 7. The van der Waals surface area contributed by atoms with E-state index in [0.29, 0.717) is 11.8 Å². The number of unbranched alkanes of at least 4 members (excludes halogenated alkanes) is 1. The number of carboxylic acids is 2. The molecule has 1 aromatic carbocycles. The molecule has 4 heterocycles. The Morgan fingerprint density at radius 2 is 1.68 bits per heavy atom. The molecule has 3 fully saturated rings. The van der Waals surface area contributed by atoms with Crippen LogP contribution in [-0.4, -0.2) is 166 Å². The van der Waals surface area contributed by atoms with E-state index in [0.717, 1.165) is 38.7 Å².